The molecule has 0 aliphatic rings. The van der Waals surface area contributed by atoms with Gasteiger partial charge in [-0.25, -0.2) is 0 Å². The van der Waals surface area contributed by atoms with Crippen LogP contribution in [0.1, 0.15) is 42.1 Å². The Morgan fingerprint density at radius 2 is 1.68 bits per heavy atom. The van der Waals surface area contributed by atoms with Gasteiger partial charge in [-0.2, -0.15) is 0 Å². The smallest absolute Gasteiger partial charge is 0.115 e. The summed E-state index contributed by atoms with van der Waals surface area (Å²) in [5.41, 5.74) is 6.38. The lowest BCUT2D eigenvalue weighted by atomic mass is 9.93. The first-order valence-electron chi connectivity index (χ1n) is 10.8. The van der Waals surface area contributed by atoms with Crippen LogP contribution in [0.3, 0.4) is 0 Å². The van der Waals surface area contributed by atoms with Crippen molar-refractivity contribution < 1.29 is 5.11 Å². The Balaban J connectivity index is 1.98. The first-order valence-corrected chi connectivity index (χ1v) is 10.8. The summed E-state index contributed by atoms with van der Waals surface area (Å²) in [6, 6.07) is 21.6. The largest absolute Gasteiger partial charge is 0.508 e. The van der Waals surface area contributed by atoms with Gasteiger partial charge < -0.3 is 10.0 Å². The van der Waals surface area contributed by atoms with E-state index in [2.05, 4.69) is 74.2 Å². The van der Waals surface area contributed by atoms with Crippen LogP contribution in [0.25, 0.3) is 11.1 Å². The third-order valence-corrected chi connectivity index (χ3v) is 5.13. The average Bonchev–Trinajstić information content (AvgIpc) is 2.79. The number of rotatable bonds is 7. The molecule has 1 N–H and O–H groups in total. The highest BCUT2D eigenvalue weighted by molar-refractivity contribution is 5.98. The van der Waals surface area contributed by atoms with E-state index >= 15 is 0 Å². The number of aromatic nitrogens is 1. The molecule has 0 atom stereocenters. The van der Waals surface area contributed by atoms with Gasteiger partial charge in [-0.3, -0.25) is 4.98 Å². The van der Waals surface area contributed by atoms with Gasteiger partial charge in [-0.1, -0.05) is 55.2 Å². The third kappa shape index (κ3) is 6.57. The second kappa shape index (κ2) is 11.2. The van der Waals surface area contributed by atoms with Crippen molar-refractivity contribution in [1.29, 1.82) is 0 Å². The predicted octanol–water partition coefficient (Wildman–Crippen LogP) is 5.65. The molecule has 0 aliphatic carbocycles. The van der Waals surface area contributed by atoms with Crippen LogP contribution in [0.2, 0.25) is 0 Å². The molecular formula is C28H30N2O. The molecule has 3 nitrogen and oxygen atoms in total. The van der Waals surface area contributed by atoms with E-state index in [9.17, 15) is 5.11 Å². The van der Waals surface area contributed by atoms with Gasteiger partial charge in [0.1, 0.15) is 5.75 Å². The number of phenols is 1. The fraction of sp³-hybridized carbons (Fsp3) is 0.250. The van der Waals surface area contributed by atoms with Gasteiger partial charge >= 0.3 is 0 Å². The molecule has 1 aromatic heterocycles. The molecular weight excluding hydrogens is 380 g/mol. The lowest BCUT2D eigenvalue weighted by molar-refractivity contribution is 0.399. The van der Waals surface area contributed by atoms with Gasteiger partial charge in [-0.05, 0) is 81.4 Å². The van der Waals surface area contributed by atoms with E-state index < -0.39 is 0 Å². The average molecular weight is 411 g/mol. The zero-order valence-electron chi connectivity index (χ0n) is 18.6. The summed E-state index contributed by atoms with van der Waals surface area (Å²) in [6.07, 6.45) is 4.88. The number of aryl methyl sites for hydroxylation is 1. The first-order chi connectivity index (χ1) is 15.1. The zero-order chi connectivity index (χ0) is 22.1. The maximum Gasteiger partial charge on any atom is 0.115 e. The van der Waals surface area contributed by atoms with Crippen molar-refractivity contribution in [1.82, 2.24) is 9.88 Å². The normalized spacial score (nSPS) is 11.6. The fourth-order valence-electron chi connectivity index (χ4n) is 3.46. The van der Waals surface area contributed by atoms with Crippen molar-refractivity contribution in [2.75, 3.05) is 20.6 Å². The summed E-state index contributed by atoms with van der Waals surface area (Å²) in [7, 11) is 4.19. The molecule has 3 rings (SSSR count). The number of nitrogens with zero attached hydrogens (tertiary/aromatic N) is 2. The predicted molar refractivity (Wildman–Crippen MR) is 130 cm³/mol. The zero-order valence-corrected chi connectivity index (χ0v) is 18.6. The van der Waals surface area contributed by atoms with Crippen molar-refractivity contribution in [2.45, 2.75) is 26.2 Å². The summed E-state index contributed by atoms with van der Waals surface area (Å²) in [5.74, 6) is 6.91. The van der Waals surface area contributed by atoms with Crippen LogP contribution in [0.5, 0.6) is 5.75 Å². The fourth-order valence-corrected chi connectivity index (χ4v) is 3.46. The lowest BCUT2D eigenvalue weighted by Gasteiger charge is -2.12. The molecule has 1 heterocycles. The van der Waals surface area contributed by atoms with Crippen LogP contribution in [0, 0.1) is 11.8 Å². The number of hydrogen-bond acceptors (Lipinski definition) is 3. The SMILES string of the molecule is CC/C(=C(\C#Cc1ccc(O)cc1)c1ccc(CCCN(C)C)nc1)c1ccccc1. The molecule has 0 saturated heterocycles. The minimum atomic E-state index is 0.244. The Hall–Kier alpha value is -3.35. The number of phenolic OH excluding ortho intramolecular Hbond substituents is 1. The van der Waals surface area contributed by atoms with Crippen molar-refractivity contribution >= 4 is 11.1 Å². The molecule has 2 aromatic carbocycles. The Morgan fingerprint density at radius 1 is 0.935 bits per heavy atom. The number of hydrogen-bond donors (Lipinski definition) is 1. The van der Waals surface area contributed by atoms with E-state index in [1.807, 2.05) is 24.4 Å². The maximum atomic E-state index is 9.54. The molecule has 0 fully saturated rings. The van der Waals surface area contributed by atoms with E-state index in [0.717, 1.165) is 48.2 Å². The minimum absolute atomic E-state index is 0.244. The molecule has 0 spiro atoms. The standard InChI is InChI=1S/C28H30N2O/c1-4-27(23-9-6-5-7-10-23)28(19-14-22-12-17-26(31)18-13-22)24-15-16-25(29-21-24)11-8-20-30(2)3/h5-7,9-10,12-13,15-18,21,31H,4,8,11,20H2,1-3H3/b28-27-. The number of aromatic hydroxyl groups is 1. The van der Waals surface area contributed by atoms with Crippen molar-refractivity contribution in [3.05, 3.63) is 95.3 Å². The molecule has 0 bridgehead atoms. The summed E-state index contributed by atoms with van der Waals surface area (Å²) < 4.78 is 0. The van der Waals surface area contributed by atoms with Crippen LogP contribution >= 0.6 is 0 Å². The molecule has 0 unspecified atom stereocenters. The molecule has 3 aromatic rings. The minimum Gasteiger partial charge on any atom is -0.508 e. The van der Waals surface area contributed by atoms with Gasteiger partial charge in [0.25, 0.3) is 0 Å². The van der Waals surface area contributed by atoms with Crippen molar-refractivity contribution in [3.63, 3.8) is 0 Å². The van der Waals surface area contributed by atoms with Gasteiger partial charge in [0.05, 0.1) is 0 Å². The van der Waals surface area contributed by atoms with Crippen LogP contribution in [-0.4, -0.2) is 35.6 Å². The van der Waals surface area contributed by atoms with E-state index in [4.69, 9.17) is 4.98 Å². The molecule has 0 aliphatic heterocycles. The molecule has 158 valence electrons. The van der Waals surface area contributed by atoms with Crippen molar-refractivity contribution in [3.8, 4) is 17.6 Å². The molecule has 31 heavy (non-hydrogen) atoms. The molecule has 0 saturated carbocycles. The van der Waals surface area contributed by atoms with Crippen LogP contribution in [0.15, 0.2) is 72.9 Å². The first kappa shape index (κ1) is 22.3. The van der Waals surface area contributed by atoms with Crippen LogP contribution in [0.4, 0.5) is 0 Å². The Bertz CT molecular complexity index is 1050. The summed E-state index contributed by atoms with van der Waals surface area (Å²) in [4.78, 5) is 6.92. The number of pyridine rings is 1. The second-order valence-electron chi connectivity index (χ2n) is 7.82. The van der Waals surface area contributed by atoms with Gasteiger partial charge in [0.15, 0.2) is 0 Å². The quantitative estimate of drug-likeness (QED) is 0.511. The molecule has 3 heteroatoms. The Kier molecular flexibility index (Phi) is 8.04. The van der Waals surface area contributed by atoms with Crippen LogP contribution in [-0.2, 0) is 6.42 Å². The van der Waals surface area contributed by atoms with Gasteiger partial charge in [-0.15, -0.1) is 0 Å². The van der Waals surface area contributed by atoms with Gasteiger partial charge in [0, 0.05) is 28.6 Å². The van der Waals surface area contributed by atoms with E-state index in [1.165, 1.54) is 11.1 Å². The monoisotopic (exact) mass is 410 g/mol. The van der Waals surface area contributed by atoms with E-state index in [0.29, 0.717) is 0 Å². The number of allylic oxidation sites excluding steroid dienone is 2. The maximum absolute atomic E-state index is 9.54. The Labute approximate surface area is 186 Å². The van der Waals surface area contributed by atoms with E-state index in [1.54, 1.807) is 12.1 Å². The molecule has 0 radical (unpaired) electrons. The topological polar surface area (TPSA) is 36.4 Å². The lowest BCUT2D eigenvalue weighted by Crippen LogP contribution is -2.13. The highest BCUT2D eigenvalue weighted by Crippen LogP contribution is 2.28. The third-order valence-electron chi connectivity index (χ3n) is 5.13. The van der Waals surface area contributed by atoms with E-state index in [-0.39, 0.29) is 5.75 Å². The summed E-state index contributed by atoms with van der Waals surface area (Å²) in [5, 5.41) is 9.54. The second-order valence-corrected chi connectivity index (χ2v) is 7.82. The highest BCUT2D eigenvalue weighted by atomic mass is 16.3. The molecule has 0 amide bonds. The van der Waals surface area contributed by atoms with Crippen molar-refractivity contribution in [2.24, 2.45) is 0 Å². The van der Waals surface area contributed by atoms with Gasteiger partial charge in [0.2, 0.25) is 0 Å². The highest BCUT2D eigenvalue weighted by Gasteiger charge is 2.10. The summed E-state index contributed by atoms with van der Waals surface area (Å²) >= 11 is 0. The van der Waals surface area contributed by atoms with Crippen LogP contribution < -0.4 is 0 Å². The Morgan fingerprint density at radius 3 is 2.29 bits per heavy atom. The number of benzene rings is 2. The summed E-state index contributed by atoms with van der Waals surface area (Å²) in [6.45, 7) is 3.22.